The van der Waals surface area contributed by atoms with Crippen molar-refractivity contribution >= 4 is 34.0 Å². The van der Waals surface area contributed by atoms with Crippen LogP contribution in [0.3, 0.4) is 0 Å². The van der Waals surface area contributed by atoms with E-state index >= 15 is 0 Å². The fourth-order valence-corrected chi connectivity index (χ4v) is 2.31. The zero-order valence-electron chi connectivity index (χ0n) is 9.50. The van der Waals surface area contributed by atoms with Crippen LogP contribution in [0.2, 0.25) is 0 Å². The lowest BCUT2D eigenvalue weighted by Gasteiger charge is -2.33. The molecule has 0 aliphatic carbocycles. The Balaban J connectivity index is 1.84. The van der Waals surface area contributed by atoms with Gasteiger partial charge in [0, 0.05) is 36.8 Å². The van der Waals surface area contributed by atoms with Gasteiger partial charge in [-0.1, -0.05) is 0 Å². The van der Waals surface area contributed by atoms with Crippen molar-refractivity contribution in [2.75, 3.05) is 38.2 Å². The quantitative estimate of drug-likeness (QED) is 0.366. The molecular formula is C10H14BrN3O2S. The molecular weight excluding hydrogens is 306 g/mol. The highest BCUT2D eigenvalue weighted by Gasteiger charge is 2.18. The predicted octanol–water partition coefficient (Wildman–Crippen LogP) is 2.11. The van der Waals surface area contributed by atoms with E-state index in [0.717, 1.165) is 36.5 Å². The lowest BCUT2D eigenvalue weighted by molar-refractivity contribution is -0.163. The van der Waals surface area contributed by atoms with Crippen molar-refractivity contribution in [1.82, 2.24) is 9.29 Å². The summed E-state index contributed by atoms with van der Waals surface area (Å²) in [7, 11) is 1.51. The summed E-state index contributed by atoms with van der Waals surface area (Å²) in [6.07, 6.45) is 1.82. The molecule has 0 spiro atoms. The number of piperazine rings is 1. The highest BCUT2D eigenvalue weighted by molar-refractivity contribution is 9.10. The van der Waals surface area contributed by atoms with E-state index < -0.39 is 0 Å². The molecule has 7 heteroatoms. The molecule has 5 nitrogen and oxygen atoms in total. The molecule has 1 aliphatic rings. The molecule has 1 aliphatic heterocycles. The van der Waals surface area contributed by atoms with E-state index in [1.807, 2.05) is 18.3 Å². The Morgan fingerprint density at radius 3 is 2.65 bits per heavy atom. The van der Waals surface area contributed by atoms with Crippen molar-refractivity contribution in [3.05, 3.63) is 22.8 Å². The van der Waals surface area contributed by atoms with Gasteiger partial charge in [0.1, 0.15) is 18.0 Å². The maximum absolute atomic E-state index is 4.83. The number of rotatable bonds is 4. The van der Waals surface area contributed by atoms with Crippen molar-refractivity contribution in [2.24, 2.45) is 0 Å². The second-order valence-electron chi connectivity index (χ2n) is 3.56. The third-order valence-corrected chi connectivity index (χ3v) is 3.72. The zero-order valence-corrected chi connectivity index (χ0v) is 11.9. The van der Waals surface area contributed by atoms with Crippen molar-refractivity contribution in [2.45, 2.75) is 0 Å². The molecule has 0 amide bonds. The fraction of sp³-hybridized carbons (Fsp3) is 0.500. The van der Waals surface area contributed by atoms with Gasteiger partial charge in [-0.3, -0.25) is 0 Å². The maximum atomic E-state index is 4.83. The molecule has 0 bridgehead atoms. The Labute approximate surface area is 113 Å². The van der Waals surface area contributed by atoms with E-state index in [1.165, 1.54) is 19.3 Å². The summed E-state index contributed by atoms with van der Waals surface area (Å²) < 4.78 is 7.96. The van der Waals surface area contributed by atoms with Gasteiger partial charge in [-0.05, 0) is 28.1 Å². The normalized spacial score (nSPS) is 17.4. The standard InChI is InChI=1S/C10H14BrN3O2S/c1-15-16-17-14-6-4-13(5-7-14)10-3-2-9(11)8-12-10/h2-3,8H,4-7H2,1H3. The maximum Gasteiger partial charge on any atom is 0.128 e. The smallest absolute Gasteiger partial charge is 0.128 e. The van der Waals surface area contributed by atoms with Crippen LogP contribution in [0.1, 0.15) is 0 Å². The second kappa shape index (κ2) is 6.55. The van der Waals surface area contributed by atoms with Crippen molar-refractivity contribution < 1.29 is 9.22 Å². The number of aromatic nitrogens is 1. The van der Waals surface area contributed by atoms with Gasteiger partial charge >= 0.3 is 0 Å². The Morgan fingerprint density at radius 2 is 2.06 bits per heavy atom. The largest absolute Gasteiger partial charge is 0.354 e. The number of hydrogen-bond acceptors (Lipinski definition) is 6. The zero-order chi connectivity index (χ0) is 12.1. The molecule has 1 aromatic rings. The third-order valence-electron chi connectivity index (χ3n) is 2.48. The summed E-state index contributed by atoms with van der Waals surface area (Å²) in [5, 5.41) is 0. The van der Waals surface area contributed by atoms with E-state index in [1.54, 1.807) is 0 Å². The van der Waals surface area contributed by atoms with Gasteiger partial charge in [0.05, 0.1) is 7.11 Å². The predicted molar refractivity (Wildman–Crippen MR) is 71.4 cm³/mol. The summed E-state index contributed by atoms with van der Waals surface area (Å²) in [6, 6.07) is 4.04. The Hall–Kier alpha value is -0.340. The average Bonchev–Trinajstić information content (AvgIpc) is 2.38. The monoisotopic (exact) mass is 319 g/mol. The van der Waals surface area contributed by atoms with E-state index in [2.05, 4.69) is 35.0 Å². The van der Waals surface area contributed by atoms with Crippen LogP contribution in [0.15, 0.2) is 22.8 Å². The van der Waals surface area contributed by atoms with Crippen LogP contribution in [0.5, 0.6) is 0 Å². The van der Waals surface area contributed by atoms with Crippen LogP contribution in [0.4, 0.5) is 5.82 Å². The first-order valence-electron chi connectivity index (χ1n) is 5.28. The molecule has 94 valence electrons. The molecule has 0 unspecified atom stereocenters. The first-order chi connectivity index (χ1) is 8.29. The van der Waals surface area contributed by atoms with Crippen molar-refractivity contribution in [3.8, 4) is 0 Å². The number of halogens is 1. The van der Waals surface area contributed by atoms with Crippen LogP contribution >= 0.6 is 28.2 Å². The Kier molecular flexibility index (Phi) is 5.05. The molecule has 17 heavy (non-hydrogen) atoms. The van der Waals surface area contributed by atoms with E-state index in [4.69, 9.17) is 4.33 Å². The van der Waals surface area contributed by atoms with Crippen LogP contribution in [-0.2, 0) is 9.22 Å². The first-order valence-corrected chi connectivity index (χ1v) is 6.77. The molecule has 2 rings (SSSR count). The van der Waals surface area contributed by atoms with E-state index in [-0.39, 0.29) is 0 Å². The number of nitrogens with zero attached hydrogens (tertiary/aromatic N) is 3. The van der Waals surface area contributed by atoms with E-state index in [9.17, 15) is 0 Å². The van der Waals surface area contributed by atoms with Gasteiger partial charge < -0.3 is 4.90 Å². The minimum absolute atomic E-state index is 0.922. The summed E-state index contributed by atoms with van der Waals surface area (Å²) >= 11 is 4.64. The van der Waals surface area contributed by atoms with Gasteiger partial charge in [0.25, 0.3) is 0 Å². The second-order valence-corrected chi connectivity index (χ2v) is 5.28. The van der Waals surface area contributed by atoms with Crippen LogP contribution in [-0.4, -0.2) is 42.6 Å². The number of hydrogen-bond donors (Lipinski definition) is 0. The van der Waals surface area contributed by atoms with Crippen LogP contribution < -0.4 is 4.90 Å². The molecule has 1 saturated heterocycles. The molecule has 0 aromatic carbocycles. The lowest BCUT2D eigenvalue weighted by Crippen LogP contribution is -2.43. The van der Waals surface area contributed by atoms with Crippen LogP contribution in [0.25, 0.3) is 0 Å². The summed E-state index contributed by atoms with van der Waals surface area (Å²) in [5.74, 6) is 1.02. The summed E-state index contributed by atoms with van der Waals surface area (Å²) in [4.78, 5) is 11.2. The van der Waals surface area contributed by atoms with Crippen molar-refractivity contribution in [1.29, 1.82) is 0 Å². The Morgan fingerprint density at radius 1 is 1.29 bits per heavy atom. The topological polar surface area (TPSA) is 37.8 Å². The fourth-order valence-electron chi connectivity index (χ4n) is 1.62. The first kappa shape index (κ1) is 13.1. The van der Waals surface area contributed by atoms with Crippen LogP contribution in [0, 0.1) is 0 Å². The van der Waals surface area contributed by atoms with Gasteiger partial charge in [-0.25, -0.2) is 14.2 Å². The number of pyridine rings is 1. The van der Waals surface area contributed by atoms with Gasteiger partial charge in [0.15, 0.2) is 0 Å². The highest BCUT2D eigenvalue weighted by atomic mass is 79.9. The molecule has 1 aromatic heterocycles. The SMILES string of the molecule is COOSN1CCN(c2ccc(Br)cn2)CC1. The average molecular weight is 320 g/mol. The molecule has 0 atom stereocenters. The van der Waals surface area contributed by atoms with Gasteiger partial charge in [-0.2, -0.15) is 0 Å². The molecule has 1 fully saturated rings. The third kappa shape index (κ3) is 3.82. The number of anilines is 1. The molecule has 0 radical (unpaired) electrons. The molecule has 2 heterocycles. The summed E-state index contributed by atoms with van der Waals surface area (Å²) in [5.41, 5.74) is 0. The summed E-state index contributed by atoms with van der Waals surface area (Å²) in [6.45, 7) is 3.72. The van der Waals surface area contributed by atoms with E-state index in [0.29, 0.717) is 0 Å². The minimum Gasteiger partial charge on any atom is -0.354 e. The molecule has 0 saturated carbocycles. The molecule has 0 N–H and O–H groups in total. The van der Waals surface area contributed by atoms with Crippen molar-refractivity contribution in [3.63, 3.8) is 0 Å². The van der Waals surface area contributed by atoms with Gasteiger partial charge in [-0.15, -0.1) is 4.33 Å². The minimum atomic E-state index is 0.922. The lowest BCUT2D eigenvalue weighted by atomic mass is 10.3. The van der Waals surface area contributed by atoms with Gasteiger partial charge in [0.2, 0.25) is 0 Å². The Bertz CT molecular complexity index is 344. The highest BCUT2D eigenvalue weighted by Crippen LogP contribution is 2.19.